The van der Waals surface area contributed by atoms with E-state index in [2.05, 4.69) is 46.3 Å². The molecule has 1 aromatic rings. The van der Waals surface area contributed by atoms with Gasteiger partial charge >= 0.3 is 6.61 Å². The van der Waals surface area contributed by atoms with Crippen LogP contribution in [0.2, 0.25) is 0 Å². The van der Waals surface area contributed by atoms with E-state index in [1.54, 1.807) is 18.2 Å². The predicted octanol–water partition coefficient (Wildman–Crippen LogP) is 4.28. The number of alkyl halides is 2. The lowest BCUT2D eigenvalue weighted by Crippen LogP contribution is -2.33. The van der Waals surface area contributed by atoms with Crippen LogP contribution < -0.4 is 4.74 Å². The van der Waals surface area contributed by atoms with Crippen molar-refractivity contribution in [3.05, 3.63) is 28.2 Å². The summed E-state index contributed by atoms with van der Waals surface area (Å²) in [6.07, 6.45) is 0.648. The van der Waals surface area contributed by atoms with Gasteiger partial charge in [0, 0.05) is 36.3 Å². The molecule has 0 aromatic heterocycles. The van der Waals surface area contributed by atoms with Crippen molar-refractivity contribution in [3.8, 4) is 5.75 Å². The largest absolute Gasteiger partial charge is 0.434 e. The molecule has 6 heteroatoms. The van der Waals surface area contributed by atoms with E-state index in [-0.39, 0.29) is 17.8 Å². The molecule has 0 aliphatic carbocycles. The van der Waals surface area contributed by atoms with Crippen LogP contribution in [0.5, 0.6) is 5.75 Å². The number of hydrogen-bond donors (Lipinski definition) is 1. The molecule has 0 saturated carbocycles. The first kappa shape index (κ1) is 19.3. The van der Waals surface area contributed by atoms with E-state index in [9.17, 15) is 8.78 Å². The molecule has 126 valence electrons. The quantitative estimate of drug-likeness (QED) is 0.731. The van der Waals surface area contributed by atoms with Crippen molar-refractivity contribution < 1.29 is 18.6 Å². The average Bonchev–Trinajstić information content (AvgIpc) is 2.37. The van der Waals surface area contributed by atoms with Gasteiger partial charge in [-0.25, -0.2) is 0 Å². The molecule has 1 rings (SSSR count). The molecule has 0 fully saturated rings. The predicted molar refractivity (Wildman–Crippen MR) is 87.2 cm³/mol. The smallest absolute Gasteiger partial charge is 0.387 e. The number of ether oxygens (including phenoxy) is 1. The highest BCUT2D eigenvalue weighted by Gasteiger charge is 2.19. The Balaban J connectivity index is 2.92. The minimum Gasteiger partial charge on any atom is -0.434 e. The maximum absolute atomic E-state index is 12.5. The second kappa shape index (κ2) is 8.79. The van der Waals surface area contributed by atoms with E-state index in [0.717, 1.165) is 11.0 Å². The normalized spacial score (nSPS) is 12.2. The fourth-order valence-electron chi connectivity index (χ4n) is 2.30. The first-order valence-electron chi connectivity index (χ1n) is 7.28. The lowest BCUT2D eigenvalue weighted by molar-refractivity contribution is -0.0508. The number of benzene rings is 1. The third-order valence-corrected chi connectivity index (χ3v) is 3.46. The molecule has 0 aliphatic heterocycles. The van der Waals surface area contributed by atoms with Crippen molar-refractivity contribution in [1.82, 2.24) is 4.90 Å². The van der Waals surface area contributed by atoms with Gasteiger partial charge in [-0.15, -0.1) is 0 Å². The lowest BCUT2D eigenvalue weighted by Gasteiger charge is -2.30. The van der Waals surface area contributed by atoms with Crippen LogP contribution in [-0.2, 0) is 6.54 Å². The van der Waals surface area contributed by atoms with Crippen LogP contribution in [0.1, 0.15) is 32.8 Å². The van der Waals surface area contributed by atoms with Crippen LogP contribution in [0, 0.1) is 5.41 Å². The van der Waals surface area contributed by atoms with Crippen molar-refractivity contribution in [1.29, 1.82) is 0 Å². The molecule has 0 amide bonds. The van der Waals surface area contributed by atoms with E-state index in [1.807, 2.05) is 0 Å². The number of aliphatic hydroxyl groups is 1. The Morgan fingerprint density at radius 3 is 2.55 bits per heavy atom. The Bertz CT molecular complexity index is 464. The number of rotatable bonds is 8. The van der Waals surface area contributed by atoms with Crippen LogP contribution >= 0.6 is 15.9 Å². The Labute approximate surface area is 139 Å². The summed E-state index contributed by atoms with van der Waals surface area (Å²) in [6, 6.07) is 5.03. The van der Waals surface area contributed by atoms with Gasteiger partial charge in [0.05, 0.1) is 0 Å². The van der Waals surface area contributed by atoms with Crippen molar-refractivity contribution in [2.75, 3.05) is 19.7 Å². The van der Waals surface area contributed by atoms with Gasteiger partial charge in [0.25, 0.3) is 0 Å². The molecule has 0 atom stereocenters. The van der Waals surface area contributed by atoms with E-state index in [4.69, 9.17) is 5.11 Å². The fraction of sp³-hybridized carbons (Fsp3) is 0.625. The molecule has 0 spiro atoms. The molecule has 0 heterocycles. The second-order valence-corrected chi connectivity index (χ2v) is 7.39. The number of halogens is 3. The maximum atomic E-state index is 12.5. The minimum absolute atomic E-state index is 0.0746. The summed E-state index contributed by atoms with van der Waals surface area (Å²) in [7, 11) is 0. The topological polar surface area (TPSA) is 32.7 Å². The Morgan fingerprint density at radius 2 is 2.00 bits per heavy atom. The van der Waals surface area contributed by atoms with Gasteiger partial charge in [0.1, 0.15) is 5.75 Å². The third kappa shape index (κ3) is 7.51. The van der Waals surface area contributed by atoms with E-state index < -0.39 is 6.61 Å². The number of hydrogen-bond acceptors (Lipinski definition) is 3. The van der Waals surface area contributed by atoms with E-state index in [1.165, 1.54) is 0 Å². The van der Waals surface area contributed by atoms with E-state index in [0.29, 0.717) is 25.1 Å². The average molecular weight is 380 g/mol. The molecule has 0 saturated heterocycles. The Hall–Kier alpha value is -0.720. The Morgan fingerprint density at radius 1 is 1.32 bits per heavy atom. The highest BCUT2D eigenvalue weighted by molar-refractivity contribution is 9.10. The van der Waals surface area contributed by atoms with Gasteiger partial charge in [0.15, 0.2) is 0 Å². The monoisotopic (exact) mass is 379 g/mol. The zero-order chi connectivity index (χ0) is 16.8. The van der Waals surface area contributed by atoms with Crippen LogP contribution in [0.25, 0.3) is 0 Å². The molecule has 0 aliphatic rings. The maximum Gasteiger partial charge on any atom is 0.387 e. The summed E-state index contributed by atoms with van der Waals surface area (Å²) in [5.41, 5.74) is 0.780. The molecule has 3 nitrogen and oxygen atoms in total. The van der Waals surface area contributed by atoms with Crippen molar-refractivity contribution in [3.63, 3.8) is 0 Å². The van der Waals surface area contributed by atoms with Crippen LogP contribution in [0.3, 0.4) is 0 Å². The molecule has 1 N–H and O–H groups in total. The summed E-state index contributed by atoms with van der Waals surface area (Å²) in [4.78, 5) is 2.15. The fourth-order valence-corrected chi connectivity index (χ4v) is 2.71. The van der Waals surface area contributed by atoms with Crippen LogP contribution in [-0.4, -0.2) is 36.3 Å². The third-order valence-electron chi connectivity index (χ3n) is 2.96. The number of nitrogens with zero attached hydrogens (tertiary/aromatic N) is 1. The highest BCUT2D eigenvalue weighted by atomic mass is 79.9. The first-order valence-corrected chi connectivity index (χ1v) is 8.07. The molecule has 22 heavy (non-hydrogen) atoms. The Kier molecular flexibility index (Phi) is 7.72. The standard InChI is InChI=1S/C16H24BrF2NO2/c1-16(2,3)11-20(7-4-8-21)10-12-9-13(17)5-6-14(12)22-15(18)19/h5-6,9,15,21H,4,7-8,10-11H2,1-3H3. The summed E-state index contributed by atoms with van der Waals surface area (Å²) in [5.74, 6) is 0.195. The zero-order valence-corrected chi connectivity index (χ0v) is 14.9. The second-order valence-electron chi connectivity index (χ2n) is 6.48. The van der Waals surface area contributed by atoms with Gasteiger partial charge in [-0.2, -0.15) is 8.78 Å². The zero-order valence-electron chi connectivity index (χ0n) is 13.3. The van der Waals surface area contributed by atoms with Gasteiger partial charge in [-0.05, 0) is 30.0 Å². The first-order chi connectivity index (χ1) is 10.2. The summed E-state index contributed by atoms with van der Waals surface area (Å²) in [6.45, 7) is 5.64. The van der Waals surface area contributed by atoms with Crippen LogP contribution in [0.15, 0.2) is 22.7 Å². The van der Waals surface area contributed by atoms with Gasteiger partial charge in [-0.1, -0.05) is 36.7 Å². The number of aliphatic hydroxyl groups excluding tert-OH is 1. The molecule has 0 radical (unpaired) electrons. The van der Waals surface area contributed by atoms with Crippen molar-refractivity contribution in [2.24, 2.45) is 5.41 Å². The molecular formula is C16H24BrF2NO2. The van der Waals surface area contributed by atoms with Gasteiger partial charge < -0.3 is 9.84 Å². The SMILES string of the molecule is CC(C)(C)CN(CCCO)Cc1cc(Br)ccc1OC(F)F. The molecule has 0 bridgehead atoms. The van der Waals surface area contributed by atoms with E-state index >= 15 is 0 Å². The summed E-state index contributed by atoms with van der Waals surface area (Å²) in [5, 5.41) is 9.04. The molecule has 1 aromatic carbocycles. The van der Waals surface area contributed by atoms with Gasteiger partial charge in [-0.3, -0.25) is 4.90 Å². The molecular weight excluding hydrogens is 356 g/mol. The summed E-state index contributed by atoms with van der Waals surface area (Å²) >= 11 is 3.36. The van der Waals surface area contributed by atoms with Gasteiger partial charge in [0.2, 0.25) is 0 Å². The highest BCUT2D eigenvalue weighted by Crippen LogP contribution is 2.27. The van der Waals surface area contributed by atoms with Crippen molar-refractivity contribution in [2.45, 2.75) is 40.3 Å². The molecule has 0 unspecified atom stereocenters. The lowest BCUT2D eigenvalue weighted by atomic mass is 9.95. The van der Waals surface area contributed by atoms with Crippen molar-refractivity contribution >= 4 is 15.9 Å². The summed E-state index contributed by atoms with van der Waals surface area (Å²) < 4.78 is 30.5. The minimum atomic E-state index is -2.84. The van der Waals surface area contributed by atoms with Crippen LogP contribution in [0.4, 0.5) is 8.78 Å².